The van der Waals surface area contributed by atoms with Gasteiger partial charge in [-0.1, -0.05) is 80.9 Å². The van der Waals surface area contributed by atoms with Crippen LogP contribution < -0.4 is 10.1 Å². The summed E-state index contributed by atoms with van der Waals surface area (Å²) in [6, 6.07) is 23.3. The van der Waals surface area contributed by atoms with E-state index in [1.165, 1.54) is 5.56 Å². The van der Waals surface area contributed by atoms with Gasteiger partial charge in [0.25, 0.3) is 5.91 Å². The van der Waals surface area contributed by atoms with Crippen molar-refractivity contribution in [1.82, 2.24) is 5.32 Å². The Morgan fingerprint density at radius 1 is 0.933 bits per heavy atom. The zero-order chi connectivity index (χ0) is 21.5. The van der Waals surface area contributed by atoms with Gasteiger partial charge in [-0.05, 0) is 53.3 Å². The lowest BCUT2D eigenvalue weighted by atomic mass is 9.98. The molecule has 0 unspecified atom stereocenters. The number of rotatable bonds is 8. The van der Waals surface area contributed by atoms with Crippen LogP contribution in [0.25, 0.3) is 0 Å². The van der Waals surface area contributed by atoms with E-state index in [0.717, 1.165) is 17.5 Å². The lowest BCUT2D eigenvalue weighted by Gasteiger charge is -2.18. The van der Waals surface area contributed by atoms with Crippen LogP contribution in [0.5, 0.6) is 5.75 Å². The number of benzene rings is 3. The Hall–Kier alpha value is -2.78. The number of carbonyl (C=O) groups excluding carboxylic acids is 1. The molecule has 4 heteroatoms. The molecule has 0 heterocycles. The van der Waals surface area contributed by atoms with Crippen molar-refractivity contribution >= 4 is 17.5 Å². The van der Waals surface area contributed by atoms with Gasteiger partial charge in [0.05, 0.1) is 11.1 Å². The summed E-state index contributed by atoms with van der Waals surface area (Å²) in [7, 11) is 0. The Morgan fingerprint density at radius 3 is 2.17 bits per heavy atom. The van der Waals surface area contributed by atoms with Crippen molar-refractivity contribution in [2.45, 2.75) is 45.8 Å². The number of hydrogen-bond acceptors (Lipinski definition) is 2. The summed E-state index contributed by atoms with van der Waals surface area (Å²) < 4.78 is 5.76. The molecule has 0 radical (unpaired) electrons. The van der Waals surface area contributed by atoms with E-state index in [0.29, 0.717) is 28.9 Å². The van der Waals surface area contributed by atoms with Gasteiger partial charge in [0.2, 0.25) is 0 Å². The van der Waals surface area contributed by atoms with Gasteiger partial charge in [-0.2, -0.15) is 0 Å². The first-order valence-electron chi connectivity index (χ1n) is 10.3. The number of ether oxygens (including phenoxy) is 1. The highest BCUT2D eigenvalue weighted by atomic mass is 35.5. The number of carbonyl (C=O) groups is 1. The SMILES string of the molecule is CC[C@@H](NC(=O)c1ccc(COc2ccccc2Cl)cc1)c1ccc(C(C)C)cc1. The quantitative estimate of drug-likeness (QED) is 0.428. The van der Waals surface area contributed by atoms with Crippen LogP contribution in [-0.2, 0) is 6.61 Å². The predicted octanol–water partition coefficient (Wildman–Crippen LogP) is 6.92. The van der Waals surface area contributed by atoms with E-state index in [4.69, 9.17) is 16.3 Å². The zero-order valence-electron chi connectivity index (χ0n) is 17.7. The molecule has 0 fully saturated rings. The van der Waals surface area contributed by atoms with Gasteiger partial charge in [-0.25, -0.2) is 0 Å². The standard InChI is InChI=1S/C26H28ClNO2/c1-4-24(21-15-13-20(14-16-21)18(2)3)28-26(29)22-11-9-19(10-12-22)17-30-25-8-6-5-7-23(25)27/h5-16,18,24H,4,17H2,1-3H3,(H,28,29)/t24-/m1/s1. The van der Waals surface area contributed by atoms with Gasteiger partial charge >= 0.3 is 0 Å². The monoisotopic (exact) mass is 421 g/mol. The van der Waals surface area contributed by atoms with E-state index in [1.807, 2.05) is 42.5 Å². The molecule has 156 valence electrons. The lowest BCUT2D eigenvalue weighted by molar-refractivity contribution is 0.0935. The highest BCUT2D eigenvalue weighted by Crippen LogP contribution is 2.24. The van der Waals surface area contributed by atoms with E-state index >= 15 is 0 Å². The summed E-state index contributed by atoms with van der Waals surface area (Å²) in [5.74, 6) is 1.07. The van der Waals surface area contributed by atoms with Crippen molar-refractivity contribution in [3.63, 3.8) is 0 Å². The molecule has 0 aromatic heterocycles. The molecule has 1 N–H and O–H groups in total. The minimum Gasteiger partial charge on any atom is -0.487 e. The van der Waals surface area contributed by atoms with Crippen LogP contribution in [0.4, 0.5) is 0 Å². The van der Waals surface area contributed by atoms with E-state index in [2.05, 4.69) is 50.4 Å². The molecule has 0 aliphatic heterocycles. The van der Waals surface area contributed by atoms with Gasteiger partial charge in [0, 0.05) is 5.56 Å². The van der Waals surface area contributed by atoms with Crippen LogP contribution in [0.15, 0.2) is 72.8 Å². The second-order valence-electron chi connectivity index (χ2n) is 7.67. The summed E-state index contributed by atoms with van der Waals surface area (Å²) in [4.78, 5) is 12.7. The number of nitrogens with one attached hydrogen (secondary N) is 1. The van der Waals surface area contributed by atoms with Crippen LogP contribution in [0.2, 0.25) is 5.02 Å². The first-order chi connectivity index (χ1) is 14.5. The Kier molecular flexibility index (Phi) is 7.53. The summed E-state index contributed by atoms with van der Waals surface area (Å²) >= 11 is 6.12. The van der Waals surface area contributed by atoms with Gasteiger partial charge in [-0.3, -0.25) is 4.79 Å². The summed E-state index contributed by atoms with van der Waals surface area (Å²) in [5.41, 5.74) is 4.03. The zero-order valence-corrected chi connectivity index (χ0v) is 18.4. The molecule has 1 amide bonds. The van der Waals surface area contributed by atoms with Crippen molar-refractivity contribution in [1.29, 1.82) is 0 Å². The van der Waals surface area contributed by atoms with Crippen molar-refractivity contribution in [2.75, 3.05) is 0 Å². The molecule has 3 aromatic carbocycles. The minimum absolute atomic E-state index is 0.0121. The van der Waals surface area contributed by atoms with Gasteiger partial charge in [0.1, 0.15) is 12.4 Å². The van der Waals surface area contributed by atoms with E-state index in [1.54, 1.807) is 6.07 Å². The second-order valence-corrected chi connectivity index (χ2v) is 8.08. The number of amides is 1. The average Bonchev–Trinajstić information content (AvgIpc) is 2.77. The largest absolute Gasteiger partial charge is 0.487 e. The molecule has 0 spiro atoms. The van der Waals surface area contributed by atoms with Crippen molar-refractivity contribution in [2.24, 2.45) is 0 Å². The predicted molar refractivity (Wildman–Crippen MR) is 123 cm³/mol. The van der Waals surface area contributed by atoms with Crippen molar-refractivity contribution in [3.05, 3.63) is 100 Å². The van der Waals surface area contributed by atoms with Gasteiger partial charge in [-0.15, -0.1) is 0 Å². The van der Waals surface area contributed by atoms with Crippen LogP contribution in [-0.4, -0.2) is 5.91 Å². The van der Waals surface area contributed by atoms with Gasteiger partial charge < -0.3 is 10.1 Å². The van der Waals surface area contributed by atoms with Crippen molar-refractivity contribution in [3.8, 4) is 5.75 Å². The molecule has 1 atom stereocenters. The highest BCUT2D eigenvalue weighted by Gasteiger charge is 2.14. The van der Waals surface area contributed by atoms with Gasteiger partial charge in [0.15, 0.2) is 0 Å². The number of para-hydroxylation sites is 1. The van der Waals surface area contributed by atoms with Crippen molar-refractivity contribution < 1.29 is 9.53 Å². The minimum atomic E-state index is -0.0756. The lowest BCUT2D eigenvalue weighted by Crippen LogP contribution is -2.28. The Bertz CT molecular complexity index is 965. The maximum atomic E-state index is 12.7. The molecule has 3 aromatic rings. The molecular weight excluding hydrogens is 394 g/mol. The van der Waals surface area contributed by atoms with Crippen LogP contribution in [0, 0.1) is 0 Å². The summed E-state index contributed by atoms with van der Waals surface area (Å²) in [6.07, 6.45) is 0.830. The summed E-state index contributed by atoms with van der Waals surface area (Å²) in [5, 5.41) is 3.73. The topological polar surface area (TPSA) is 38.3 Å². The maximum absolute atomic E-state index is 12.7. The first-order valence-corrected chi connectivity index (χ1v) is 10.7. The molecule has 0 aliphatic rings. The second kappa shape index (κ2) is 10.3. The molecular formula is C26H28ClNO2. The van der Waals surface area contributed by atoms with Crippen LogP contribution in [0.1, 0.15) is 66.2 Å². The van der Waals surface area contributed by atoms with E-state index in [9.17, 15) is 4.79 Å². The number of halogens is 1. The number of hydrogen-bond donors (Lipinski definition) is 1. The van der Waals surface area contributed by atoms with Crippen LogP contribution >= 0.6 is 11.6 Å². The molecule has 0 saturated heterocycles. The third-order valence-corrected chi connectivity index (χ3v) is 5.48. The fourth-order valence-electron chi connectivity index (χ4n) is 3.25. The maximum Gasteiger partial charge on any atom is 0.251 e. The smallest absolute Gasteiger partial charge is 0.251 e. The molecule has 0 aliphatic carbocycles. The van der Waals surface area contributed by atoms with Crippen LogP contribution in [0.3, 0.4) is 0 Å². The fourth-order valence-corrected chi connectivity index (χ4v) is 3.44. The molecule has 3 rings (SSSR count). The molecule has 0 saturated carbocycles. The Morgan fingerprint density at radius 2 is 1.57 bits per heavy atom. The fraction of sp³-hybridized carbons (Fsp3) is 0.269. The molecule has 0 bridgehead atoms. The third kappa shape index (κ3) is 5.64. The summed E-state index contributed by atoms with van der Waals surface area (Å²) in [6.45, 7) is 6.83. The Labute approximate surface area is 184 Å². The Balaban J connectivity index is 1.61. The molecule has 3 nitrogen and oxygen atoms in total. The van der Waals surface area contributed by atoms with E-state index in [-0.39, 0.29) is 11.9 Å². The van der Waals surface area contributed by atoms with E-state index < -0.39 is 0 Å². The first kappa shape index (κ1) is 21.9. The average molecular weight is 422 g/mol. The third-order valence-electron chi connectivity index (χ3n) is 5.17. The highest BCUT2D eigenvalue weighted by molar-refractivity contribution is 6.32. The molecule has 30 heavy (non-hydrogen) atoms. The normalized spacial score (nSPS) is 11.9.